The van der Waals surface area contributed by atoms with Crippen LogP contribution in [0.25, 0.3) is 44.5 Å². The van der Waals surface area contributed by atoms with Gasteiger partial charge < -0.3 is 8.98 Å². The topological polar surface area (TPSA) is 43.9 Å². The molecule has 5 aromatic rings. The first-order valence-corrected chi connectivity index (χ1v) is 9.44. The van der Waals surface area contributed by atoms with Crippen molar-refractivity contribution in [3.8, 4) is 11.4 Å². The lowest BCUT2D eigenvalue weighted by atomic mass is 10.1. The fourth-order valence-electron chi connectivity index (χ4n) is 3.75. The van der Waals surface area contributed by atoms with Crippen LogP contribution >= 0.6 is 0 Å². The van der Waals surface area contributed by atoms with Gasteiger partial charge in [-0.2, -0.15) is 0 Å². The van der Waals surface area contributed by atoms with Gasteiger partial charge in [0.15, 0.2) is 0 Å². The largest absolute Gasteiger partial charge is 0.438 e. The zero-order valence-electron chi connectivity index (χ0n) is 15.7. The monoisotopic (exact) mass is 355 g/mol. The van der Waals surface area contributed by atoms with E-state index < -0.39 is 0 Å². The summed E-state index contributed by atoms with van der Waals surface area (Å²) >= 11 is 0. The maximum atomic E-state index is 6.01. The van der Waals surface area contributed by atoms with Crippen LogP contribution in [0.15, 0.2) is 59.0 Å². The molecule has 0 aliphatic carbocycles. The van der Waals surface area contributed by atoms with Crippen molar-refractivity contribution in [2.75, 3.05) is 0 Å². The summed E-state index contributed by atoms with van der Waals surface area (Å²) in [6.07, 6.45) is 0. The minimum atomic E-state index is 0.377. The van der Waals surface area contributed by atoms with E-state index in [0.717, 1.165) is 51.0 Å². The third-order valence-electron chi connectivity index (χ3n) is 5.18. The molecule has 0 saturated heterocycles. The number of imidazole rings is 1. The van der Waals surface area contributed by atoms with Crippen molar-refractivity contribution in [2.45, 2.75) is 33.2 Å². The summed E-state index contributed by atoms with van der Waals surface area (Å²) in [4.78, 5) is 9.57. The van der Waals surface area contributed by atoms with Gasteiger partial charge in [0.05, 0.1) is 11.0 Å². The Bertz CT molecular complexity index is 1290. The first-order valence-electron chi connectivity index (χ1n) is 9.44. The van der Waals surface area contributed by atoms with Crippen molar-refractivity contribution in [2.24, 2.45) is 0 Å². The zero-order valence-corrected chi connectivity index (χ0v) is 15.7. The molecule has 0 amide bonds. The molecule has 27 heavy (non-hydrogen) atoms. The van der Waals surface area contributed by atoms with Crippen LogP contribution in [-0.2, 0) is 6.54 Å². The van der Waals surface area contributed by atoms with Crippen LogP contribution in [0.2, 0.25) is 0 Å². The van der Waals surface area contributed by atoms with E-state index in [4.69, 9.17) is 14.4 Å². The van der Waals surface area contributed by atoms with Gasteiger partial charge >= 0.3 is 0 Å². The Labute approximate surface area is 157 Å². The number of aryl methyl sites for hydroxylation is 1. The Morgan fingerprint density at radius 1 is 0.963 bits per heavy atom. The van der Waals surface area contributed by atoms with Crippen LogP contribution in [0.4, 0.5) is 0 Å². The Hall–Kier alpha value is -3.14. The second-order valence-electron chi connectivity index (χ2n) is 7.22. The van der Waals surface area contributed by atoms with Crippen LogP contribution in [0, 0.1) is 0 Å². The van der Waals surface area contributed by atoms with E-state index in [0.29, 0.717) is 11.6 Å². The number of rotatable bonds is 3. The molecule has 0 bridgehead atoms. The molecule has 0 unspecified atom stereocenters. The van der Waals surface area contributed by atoms with E-state index in [1.54, 1.807) is 0 Å². The Kier molecular flexibility index (Phi) is 3.54. The molecule has 0 spiro atoms. The standard InChI is InChI=1S/C23H21N3O/c1-4-26-20-8-6-5-7-19(20)24-22(26)15-9-12-21-17(13-15)16-10-11-18(14(2)3)25-23(16)27-21/h5-14H,4H2,1-3H3. The average molecular weight is 355 g/mol. The number of para-hydroxylation sites is 2. The molecule has 3 heterocycles. The number of aromatic nitrogens is 3. The van der Waals surface area contributed by atoms with Crippen molar-refractivity contribution >= 4 is 33.1 Å². The van der Waals surface area contributed by atoms with Gasteiger partial charge in [-0.15, -0.1) is 0 Å². The third-order valence-corrected chi connectivity index (χ3v) is 5.18. The van der Waals surface area contributed by atoms with Gasteiger partial charge in [-0.1, -0.05) is 26.0 Å². The summed E-state index contributed by atoms with van der Waals surface area (Å²) in [5.41, 5.74) is 5.90. The molecule has 0 radical (unpaired) electrons. The molecule has 0 saturated carbocycles. The minimum Gasteiger partial charge on any atom is -0.438 e. The Morgan fingerprint density at radius 2 is 1.81 bits per heavy atom. The summed E-state index contributed by atoms with van der Waals surface area (Å²) in [6.45, 7) is 7.31. The molecule has 3 aromatic heterocycles. The first kappa shape index (κ1) is 16.1. The average Bonchev–Trinajstić information content (AvgIpc) is 3.24. The van der Waals surface area contributed by atoms with E-state index in [-0.39, 0.29) is 0 Å². The first-order chi connectivity index (χ1) is 13.2. The predicted octanol–water partition coefficient (Wildman–Crippen LogP) is 6.14. The van der Waals surface area contributed by atoms with Crippen LogP contribution in [0.5, 0.6) is 0 Å². The molecular weight excluding hydrogens is 334 g/mol. The second kappa shape index (κ2) is 5.95. The normalized spacial score (nSPS) is 12.0. The second-order valence-corrected chi connectivity index (χ2v) is 7.22. The van der Waals surface area contributed by atoms with Gasteiger partial charge in [0.25, 0.3) is 0 Å². The summed E-state index contributed by atoms with van der Waals surface area (Å²) in [7, 11) is 0. The van der Waals surface area contributed by atoms with Crippen molar-refractivity contribution in [3.63, 3.8) is 0 Å². The van der Waals surface area contributed by atoms with Gasteiger partial charge in [0, 0.05) is 28.6 Å². The molecule has 0 atom stereocenters. The summed E-state index contributed by atoms with van der Waals surface area (Å²) in [5.74, 6) is 1.37. The minimum absolute atomic E-state index is 0.377. The van der Waals surface area contributed by atoms with Crippen molar-refractivity contribution in [3.05, 3.63) is 60.3 Å². The van der Waals surface area contributed by atoms with E-state index in [1.165, 1.54) is 0 Å². The highest BCUT2D eigenvalue weighted by molar-refractivity contribution is 6.05. The van der Waals surface area contributed by atoms with E-state index >= 15 is 0 Å². The lowest BCUT2D eigenvalue weighted by Crippen LogP contribution is -1.97. The Balaban J connectivity index is 1.74. The molecule has 4 nitrogen and oxygen atoms in total. The van der Waals surface area contributed by atoms with E-state index in [9.17, 15) is 0 Å². The smallest absolute Gasteiger partial charge is 0.227 e. The fraction of sp³-hybridized carbons (Fsp3) is 0.217. The number of nitrogens with zero attached hydrogens (tertiary/aromatic N) is 3. The molecule has 0 aliphatic heterocycles. The van der Waals surface area contributed by atoms with Gasteiger partial charge in [0.2, 0.25) is 5.71 Å². The van der Waals surface area contributed by atoms with E-state index in [1.807, 2.05) is 12.1 Å². The number of pyridine rings is 1. The SMILES string of the molecule is CCn1c(-c2ccc3oc4nc(C(C)C)ccc4c3c2)nc2ccccc21. The molecule has 5 rings (SSSR count). The number of hydrogen-bond acceptors (Lipinski definition) is 3. The number of hydrogen-bond donors (Lipinski definition) is 0. The number of benzene rings is 2. The predicted molar refractivity (Wildman–Crippen MR) is 110 cm³/mol. The van der Waals surface area contributed by atoms with Crippen LogP contribution < -0.4 is 0 Å². The molecule has 0 fully saturated rings. The van der Waals surface area contributed by atoms with Gasteiger partial charge in [-0.25, -0.2) is 9.97 Å². The van der Waals surface area contributed by atoms with E-state index in [2.05, 4.69) is 67.8 Å². The summed E-state index contributed by atoms with van der Waals surface area (Å²) < 4.78 is 8.27. The maximum Gasteiger partial charge on any atom is 0.227 e. The van der Waals surface area contributed by atoms with Gasteiger partial charge in [-0.3, -0.25) is 0 Å². The van der Waals surface area contributed by atoms with Crippen molar-refractivity contribution < 1.29 is 4.42 Å². The highest BCUT2D eigenvalue weighted by Gasteiger charge is 2.15. The molecule has 4 heteroatoms. The van der Waals surface area contributed by atoms with Crippen molar-refractivity contribution in [1.29, 1.82) is 0 Å². The fourth-order valence-corrected chi connectivity index (χ4v) is 3.75. The molecule has 134 valence electrons. The maximum absolute atomic E-state index is 6.01. The van der Waals surface area contributed by atoms with Gasteiger partial charge in [-0.05, 0) is 55.3 Å². The highest BCUT2D eigenvalue weighted by atomic mass is 16.3. The van der Waals surface area contributed by atoms with Crippen LogP contribution in [0.1, 0.15) is 32.4 Å². The molecular formula is C23H21N3O. The zero-order chi connectivity index (χ0) is 18.5. The molecule has 2 aromatic carbocycles. The third kappa shape index (κ3) is 2.44. The Morgan fingerprint density at radius 3 is 2.63 bits per heavy atom. The van der Waals surface area contributed by atoms with Gasteiger partial charge in [0.1, 0.15) is 11.4 Å². The number of furan rings is 1. The summed E-state index contributed by atoms with van der Waals surface area (Å²) in [5, 5.41) is 2.13. The lowest BCUT2D eigenvalue weighted by Gasteiger charge is -2.06. The molecule has 0 aliphatic rings. The van der Waals surface area contributed by atoms with Crippen molar-refractivity contribution in [1.82, 2.24) is 14.5 Å². The van der Waals surface area contributed by atoms with Crippen LogP contribution in [-0.4, -0.2) is 14.5 Å². The van der Waals surface area contributed by atoms with Crippen LogP contribution in [0.3, 0.4) is 0 Å². The quantitative estimate of drug-likeness (QED) is 0.390. The highest BCUT2D eigenvalue weighted by Crippen LogP contribution is 2.33. The number of fused-ring (bicyclic) bond motifs is 4. The lowest BCUT2D eigenvalue weighted by molar-refractivity contribution is 0.647. The summed E-state index contributed by atoms with van der Waals surface area (Å²) in [6, 6.07) is 18.8. The molecule has 0 N–H and O–H groups in total.